The predicted octanol–water partition coefficient (Wildman–Crippen LogP) is 1.96. The van der Waals surface area contributed by atoms with Crippen LogP contribution in [0.5, 0.6) is 0 Å². The molecule has 2 aliphatic rings. The lowest BCUT2D eigenvalue weighted by molar-refractivity contribution is 0.533. The highest BCUT2D eigenvalue weighted by molar-refractivity contribution is 5.44. The number of aromatic nitrogens is 4. The van der Waals surface area contributed by atoms with E-state index >= 15 is 0 Å². The maximum absolute atomic E-state index is 4.49. The summed E-state index contributed by atoms with van der Waals surface area (Å²) < 4.78 is 0. The molecule has 4 rings (SSSR count). The zero-order valence-corrected chi connectivity index (χ0v) is 13.6. The highest BCUT2D eigenvalue weighted by Crippen LogP contribution is 2.35. The van der Waals surface area contributed by atoms with Gasteiger partial charge in [0.1, 0.15) is 24.3 Å². The van der Waals surface area contributed by atoms with Crippen molar-refractivity contribution in [2.75, 3.05) is 36.0 Å². The minimum absolute atomic E-state index is 0.437. The van der Waals surface area contributed by atoms with E-state index in [1.165, 1.54) is 0 Å². The second-order valence-electron chi connectivity index (χ2n) is 6.85. The summed E-state index contributed by atoms with van der Waals surface area (Å²) in [5.74, 6) is 3.92. The third-order valence-electron chi connectivity index (χ3n) is 4.97. The molecule has 6 nitrogen and oxygen atoms in total. The Hall–Kier alpha value is -2.24. The van der Waals surface area contributed by atoms with E-state index in [9.17, 15) is 0 Å². The lowest BCUT2D eigenvalue weighted by Gasteiger charge is -2.23. The largest absolute Gasteiger partial charge is 0.356 e. The van der Waals surface area contributed by atoms with Crippen molar-refractivity contribution in [1.29, 1.82) is 0 Å². The first-order chi connectivity index (χ1) is 11.2. The van der Waals surface area contributed by atoms with Crippen LogP contribution in [0.4, 0.5) is 11.6 Å². The first kappa shape index (κ1) is 14.4. The van der Waals surface area contributed by atoms with Crippen LogP contribution >= 0.6 is 0 Å². The van der Waals surface area contributed by atoms with Crippen molar-refractivity contribution >= 4 is 11.6 Å². The molecule has 0 amide bonds. The maximum Gasteiger partial charge on any atom is 0.132 e. The SMILES string of the molecule is CC(C)c1cc(N2CC3CN(c4ccncn4)CC3C2)ncn1. The molecule has 0 radical (unpaired) electrons. The topological polar surface area (TPSA) is 58.0 Å². The van der Waals surface area contributed by atoms with E-state index < -0.39 is 0 Å². The molecule has 2 aromatic heterocycles. The summed E-state index contributed by atoms with van der Waals surface area (Å²) in [6.45, 7) is 8.62. The number of fused-ring (bicyclic) bond motifs is 1. The Morgan fingerprint density at radius 2 is 1.57 bits per heavy atom. The van der Waals surface area contributed by atoms with E-state index in [0.717, 1.165) is 43.5 Å². The molecule has 2 saturated heterocycles. The van der Waals surface area contributed by atoms with Crippen LogP contribution in [-0.4, -0.2) is 46.1 Å². The maximum atomic E-state index is 4.49. The second kappa shape index (κ2) is 5.76. The van der Waals surface area contributed by atoms with E-state index in [4.69, 9.17) is 0 Å². The molecule has 4 heterocycles. The van der Waals surface area contributed by atoms with Crippen molar-refractivity contribution in [3.63, 3.8) is 0 Å². The highest BCUT2D eigenvalue weighted by atomic mass is 15.3. The van der Waals surface area contributed by atoms with Crippen molar-refractivity contribution in [1.82, 2.24) is 19.9 Å². The molecule has 0 bridgehead atoms. The van der Waals surface area contributed by atoms with Gasteiger partial charge in [0, 0.05) is 56.0 Å². The lowest BCUT2D eigenvalue weighted by Crippen LogP contribution is -2.29. The van der Waals surface area contributed by atoms with Gasteiger partial charge in [0.05, 0.1) is 0 Å². The molecule has 0 N–H and O–H groups in total. The summed E-state index contributed by atoms with van der Waals surface area (Å²) >= 11 is 0. The Morgan fingerprint density at radius 3 is 2.17 bits per heavy atom. The van der Waals surface area contributed by atoms with Crippen LogP contribution in [-0.2, 0) is 0 Å². The average Bonchev–Trinajstić information content (AvgIpc) is 3.14. The molecule has 2 unspecified atom stereocenters. The number of hydrogen-bond donors (Lipinski definition) is 0. The lowest BCUT2D eigenvalue weighted by atomic mass is 10.0. The fraction of sp³-hybridized carbons (Fsp3) is 0.529. The van der Waals surface area contributed by atoms with Crippen LogP contribution < -0.4 is 9.80 Å². The van der Waals surface area contributed by atoms with Gasteiger partial charge in [-0.25, -0.2) is 19.9 Å². The molecule has 6 heteroatoms. The summed E-state index contributed by atoms with van der Waals surface area (Å²) in [7, 11) is 0. The van der Waals surface area contributed by atoms with Gasteiger partial charge in [0.25, 0.3) is 0 Å². The van der Waals surface area contributed by atoms with Gasteiger partial charge in [0.2, 0.25) is 0 Å². The molecule has 0 saturated carbocycles. The molecule has 0 aliphatic carbocycles. The molecule has 0 spiro atoms. The molecule has 2 aromatic rings. The number of rotatable bonds is 3. The Bertz CT molecular complexity index is 660. The Balaban J connectivity index is 1.45. The second-order valence-corrected chi connectivity index (χ2v) is 6.85. The van der Waals surface area contributed by atoms with Crippen LogP contribution in [0.2, 0.25) is 0 Å². The first-order valence-corrected chi connectivity index (χ1v) is 8.28. The normalized spacial score (nSPS) is 23.6. The van der Waals surface area contributed by atoms with Crippen molar-refractivity contribution in [3.05, 3.63) is 36.7 Å². The fourth-order valence-electron chi connectivity index (χ4n) is 3.69. The van der Waals surface area contributed by atoms with Crippen LogP contribution in [0.3, 0.4) is 0 Å². The quantitative estimate of drug-likeness (QED) is 0.864. The van der Waals surface area contributed by atoms with Crippen LogP contribution in [0.15, 0.2) is 31.0 Å². The minimum Gasteiger partial charge on any atom is -0.356 e. The molecule has 23 heavy (non-hydrogen) atoms. The summed E-state index contributed by atoms with van der Waals surface area (Å²) in [6, 6.07) is 4.14. The van der Waals surface area contributed by atoms with Crippen LogP contribution in [0.25, 0.3) is 0 Å². The molecular formula is C17H22N6. The number of nitrogens with zero attached hydrogens (tertiary/aromatic N) is 6. The standard InChI is InChI=1S/C17H22N6/c1-12(2)15-5-17(21-11-19-15)23-8-13-6-22(7-14(13)9-23)16-3-4-18-10-20-16/h3-5,10-14H,6-9H2,1-2H3. The fourth-order valence-corrected chi connectivity index (χ4v) is 3.69. The Kier molecular flexibility index (Phi) is 3.59. The zero-order chi connectivity index (χ0) is 15.8. The smallest absolute Gasteiger partial charge is 0.132 e. The molecule has 2 fully saturated rings. The Labute approximate surface area is 136 Å². The van der Waals surface area contributed by atoms with Gasteiger partial charge >= 0.3 is 0 Å². The average molecular weight is 310 g/mol. The minimum atomic E-state index is 0.437. The zero-order valence-electron chi connectivity index (χ0n) is 13.6. The highest BCUT2D eigenvalue weighted by Gasteiger charge is 2.40. The van der Waals surface area contributed by atoms with E-state index in [1.807, 2.05) is 12.3 Å². The summed E-state index contributed by atoms with van der Waals surface area (Å²) in [5, 5.41) is 0. The summed E-state index contributed by atoms with van der Waals surface area (Å²) in [5.41, 5.74) is 1.12. The van der Waals surface area contributed by atoms with Crippen molar-refractivity contribution in [3.8, 4) is 0 Å². The summed E-state index contributed by atoms with van der Waals surface area (Å²) in [6.07, 6.45) is 5.15. The molecular weight excluding hydrogens is 288 g/mol. The van der Waals surface area contributed by atoms with E-state index in [0.29, 0.717) is 17.8 Å². The molecule has 120 valence electrons. The third-order valence-corrected chi connectivity index (χ3v) is 4.97. The van der Waals surface area contributed by atoms with Gasteiger partial charge in [-0.1, -0.05) is 13.8 Å². The molecule has 2 aliphatic heterocycles. The van der Waals surface area contributed by atoms with Gasteiger partial charge in [0.15, 0.2) is 0 Å². The van der Waals surface area contributed by atoms with Gasteiger partial charge < -0.3 is 9.80 Å². The van der Waals surface area contributed by atoms with Gasteiger partial charge in [-0.15, -0.1) is 0 Å². The monoisotopic (exact) mass is 310 g/mol. The van der Waals surface area contributed by atoms with Crippen LogP contribution in [0.1, 0.15) is 25.5 Å². The van der Waals surface area contributed by atoms with Crippen molar-refractivity contribution < 1.29 is 0 Å². The third kappa shape index (κ3) is 2.73. The van der Waals surface area contributed by atoms with Crippen LogP contribution in [0, 0.1) is 11.8 Å². The number of anilines is 2. The molecule has 2 atom stereocenters. The summed E-state index contributed by atoms with van der Waals surface area (Å²) in [4.78, 5) is 22.0. The predicted molar refractivity (Wildman–Crippen MR) is 89.6 cm³/mol. The van der Waals surface area contributed by atoms with Crippen molar-refractivity contribution in [2.45, 2.75) is 19.8 Å². The Morgan fingerprint density at radius 1 is 0.913 bits per heavy atom. The van der Waals surface area contributed by atoms with Gasteiger partial charge in [-0.3, -0.25) is 0 Å². The van der Waals surface area contributed by atoms with Crippen molar-refractivity contribution in [2.24, 2.45) is 11.8 Å². The number of hydrogen-bond acceptors (Lipinski definition) is 6. The molecule has 0 aromatic carbocycles. The van der Waals surface area contributed by atoms with Gasteiger partial charge in [-0.05, 0) is 12.0 Å². The van der Waals surface area contributed by atoms with Gasteiger partial charge in [-0.2, -0.15) is 0 Å². The first-order valence-electron chi connectivity index (χ1n) is 8.28. The van der Waals surface area contributed by atoms with E-state index in [2.05, 4.69) is 49.6 Å². The van der Waals surface area contributed by atoms with E-state index in [1.54, 1.807) is 12.7 Å². The van der Waals surface area contributed by atoms with E-state index in [-0.39, 0.29) is 0 Å².